The fourth-order valence-electron chi connectivity index (χ4n) is 1.91. The van der Waals surface area contributed by atoms with Gasteiger partial charge in [-0.15, -0.1) is 0 Å². The van der Waals surface area contributed by atoms with E-state index in [0.717, 1.165) is 13.1 Å². The second-order valence-corrected chi connectivity index (χ2v) is 4.53. The van der Waals surface area contributed by atoms with E-state index in [0.29, 0.717) is 5.92 Å². The summed E-state index contributed by atoms with van der Waals surface area (Å²) in [6, 6.07) is 6.50. The molecule has 1 aromatic carbocycles. The van der Waals surface area contributed by atoms with Gasteiger partial charge in [0, 0.05) is 11.0 Å². The van der Waals surface area contributed by atoms with Crippen molar-refractivity contribution in [2.45, 2.75) is 25.8 Å². The number of hydrogen-bond acceptors (Lipinski definition) is 1. The zero-order valence-electron chi connectivity index (χ0n) is 7.81. The zero-order chi connectivity index (χ0) is 9.26. The summed E-state index contributed by atoms with van der Waals surface area (Å²) in [5.74, 6) is 0.683. The average molecular weight is 240 g/mol. The Morgan fingerprint density at radius 2 is 2.31 bits per heavy atom. The second-order valence-electron chi connectivity index (χ2n) is 3.67. The summed E-state index contributed by atoms with van der Waals surface area (Å²) in [7, 11) is 0. The zero-order valence-corrected chi connectivity index (χ0v) is 9.39. The van der Waals surface area contributed by atoms with Gasteiger partial charge in [0.25, 0.3) is 0 Å². The molecule has 0 spiro atoms. The number of fused-ring (bicyclic) bond motifs is 1. The molecule has 1 aromatic rings. The van der Waals surface area contributed by atoms with Gasteiger partial charge in [-0.25, -0.2) is 0 Å². The van der Waals surface area contributed by atoms with E-state index in [-0.39, 0.29) is 0 Å². The topological polar surface area (TPSA) is 12.0 Å². The van der Waals surface area contributed by atoms with Gasteiger partial charge in [0.2, 0.25) is 0 Å². The molecular formula is C11H14BrN. The van der Waals surface area contributed by atoms with E-state index in [1.54, 1.807) is 0 Å². The van der Waals surface area contributed by atoms with Crippen molar-refractivity contribution in [1.82, 2.24) is 5.32 Å². The Morgan fingerprint density at radius 1 is 1.46 bits per heavy atom. The third kappa shape index (κ3) is 1.79. The van der Waals surface area contributed by atoms with E-state index < -0.39 is 0 Å². The summed E-state index contributed by atoms with van der Waals surface area (Å²) in [5.41, 5.74) is 2.94. The number of halogens is 1. The minimum Gasteiger partial charge on any atom is -0.313 e. The molecule has 1 aliphatic rings. The standard InChI is InChI=1S/C11H14BrN/c1-8-5-6-13-7-10-9(8)3-2-4-11(10)12/h2-4,8,13H,5-7H2,1H3. The molecule has 1 heterocycles. The number of nitrogens with one attached hydrogen (secondary N) is 1. The summed E-state index contributed by atoms with van der Waals surface area (Å²) in [6.07, 6.45) is 1.24. The third-order valence-corrected chi connectivity index (χ3v) is 3.48. The van der Waals surface area contributed by atoms with Gasteiger partial charge < -0.3 is 5.32 Å². The maximum atomic E-state index is 3.60. The molecule has 0 aromatic heterocycles. The molecule has 1 atom stereocenters. The number of rotatable bonds is 0. The number of hydrogen-bond donors (Lipinski definition) is 1. The monoisotopic (exact) mass is 239 g/mol. The quantitative estimate of drug-likeness (QED) is 0.734. The first-order valence-electron chi connectivity index (χ1n) is 4.77. The lowest BCUT2D eigenvalue weighted by Crippen LogP contribution is -2.12. The van der Waals surface area contributed by atoms with E-state index in [1.165, 1.54) is 22.0 Å². The van der Waals surface area contributed by atoms with Crippen LogP contribution in [-0.4, -0.2) is 6.54 Å². The van der Waals surface area contributed by atoms with Gasteiger partial charge in [0.1, 0.15) is 0 Å². The Kier molecular flexibility index (Phi) is 2.70. The summed E-state index contributed by atoms with van der Waals surface area (Å²) >= 11 is 3.60. The lowest BCUT2D eigenvalue weighted by atomic mass is 9.95. The van der Waals surface area contributed by atoms with Crippen molar-refractivity contribution < 1.29 is 0 Å². The molecular weight excluding hydrogens is 226 g/mol. The molecule has 0 bridgehead atoms. The molecule has 0 amide bonds. The van der Waals surface area contributed by atoms with Gasteiger partial charge >= 0.3 is 0 Å². The minimum absolute atomic E-state index is 0.683. The Labute approximate surface area is 87.7 Å². The van der Waals surface area contributed by atoms with Gasteiger partial charge in [0.05, 0.1) is 0 Å². The minimum atomic E-state index is 0.683. The van der Waals surface area contributed by atoms with Crippen molar-refractivity contribution in [3.8, 4) is 0 Å². The highest BCUT2D eigenvalue weighted by Crippen LogP contribution is 2.29. The van der Waals surface area contributed by atoms with Crippen molar-refractivity contribution in [2.24, 2.45) is 0 Å². The molecule has 1 aliphatic heterocycles. The van der Waals surface area contributed by atoms with Crippen molar-refractivity contribution in [3.63, 3.8) is 0 Å². The molecule has 13 heavy (non-hydrogen) atoms. The van der Waals surface area contributed by atoms with Crippen LogP contribution in [-0.2, 0) is 6.54 Å². The molecule has 0 aliphatic carbocycles. The summed E-state index contributed by atoms with van der Waals surface area (Å²) in [6.45, 7) is 4.43. The summed E-state index contributed by atoms with van der Waals surface area (Å²) in [5, 5.41) is 3.44. The smallest absolute Gasteiger partial charge is 0.0223 e. The van der Waals surface area contributed by atoms with Gasteiger partial charge in [-0.05, 0) is 36.1 Å². The van der Waals surface area contributed by atoms with Crippen LogP contribution in [0.3, 0.4) is 0 Å². The molecule has 2 heteroatoms. The predicted molar refractivity (Wildman–Crippen MR) is 58.9 cm³/mol. The predicted octanol–water partition coefficient (Wildman–Crippen LogP) is 3.05. The first-order chi connectivity index (χ1) is 6.29. The number of benzene rings is 1. The molecule has 0 saturated heterocycles. The molecule has 70 valence electrons. The van der Waals surface area contributed by atoms with Crippen molar-refractivity contribution in [3.05, 3.63) is 33.8 Å². The SMILES string of the molecule is CC1CCNCc2c(Br)cccc21. The van der Waals surface area contributed by atoms with Crippen LogP contribution >= 0.6 is 15.9 Å². The fourth-order valence-corrected chi connectivity index (χ4v) is 2.43. The van der Waals surface area contributed by atoms with Crippen LogP contribution in [0.1, 0.15) is 30.4 Å². The van der Waals surface area contributed by atoms with Crippen LogP contribution in [0, 0.1) is 0 Å². The Balaban J connectivity index is 2.47. The molecule has 1 unspecified atom stereocenters. The van der Waals surface area contributed by atoms with Crippen LogP contribution in [0.2, 0.25) is 0 Å². The molecule has 2 rings (SSSR count). The van der Waals surface area contributed by atoms with Crippen LogP contribution in [0.5, 0.6) is 0 Å². The third-order valence-electron chi connectivity index (χ3n) is 2.74. The highest BCUT2D eigenvalue weighted by atomic mass is 79.9. The normalized spacial score (nSPS) is 22.2. The van der Waals surface area contributed by atoms with Gasteiger partial charge in [-0.3, -0.25) is 0 Å². The average Bonchev–Trinajstić information content (AvgIpc) is 2.30. The lowest BCUT2D eigenvalue weighted by molar-refractivity contribution is 0.630. The van der Waals surface area contributed by atoms with Gasteiger partial charge in [-0.1, -0.05) is 35.0 Å². The Morgan fingerprint density at radius 3 is 3.15 bits per heavy atom. The molecule has 1 nitrogen and oxygen atoms in total. The van der Waals surface area contributed by atoms with Gasteiger partial charge in [-0.2, -0.15) is 0 Å². The molecule has 0 saturated carbocycles. The molecule has 1 N–H and O–H groups in total. The Hall–Kier alpha value is -0.340. The lowest BCUT2D eigenvalue weighted by Gasteiger charge is -2.12. The van der Waals surface area contributed by atoms with Gasteiger partial charge in [0.15, 0.2) is 0 Å². The van der Waals surface area contributed by atoms with Crippen molar-refractivity contribution in [2.75, 3.05) is 6.54 Å². The first kappa shape index (κ1) is 9.22. The highest BCUT2D eigenvalue weighted by Gasteiger charge is 2.15. The maximum Gasteiger partial charge on any atom is 0.0223 e. The van der Waals surface area contributed by atoms with E-state index in [9.17, 15) is 0 Å². The second kappa shape index (κ2) is 3.81. The van der Waals surface area contributed by atoms with E-state index in [1.807, 2.05) is 0 Å². The van der Waals surface area contributed by atoms with E-state index >= 15 is 0 Å². The van der Waals surface area contributed by atoms with E-state index in [4.69, 9.17) is 0 Å². The van der Waals surface area contributed by atoms with Crippen molar-refractivity contribution in [1.29, 1.82) is 0 Å². The van der Waals surface area contributed by atoms with Crippen LogP contribution in [0.15, 0.2) is 22.7 Å². The largest absolute Gasteiger partial charge is 0.313 e. The summed E-state index contributed by atoms with van der Waals surface area (Å²) in [4.78, 5) is 0. The Bertz CT molecular complexity index is 309. The van der Waals surface area contributed by atoms with Crippen LogP contribution in [0.4, 0.5) is 0 Å². The molecule has 0 fully saturated rings. The molecule has 0 radical (unpaired) electrons. The first-order valence-corrected chi connectivity index (χ1v) is 5.56. The van der Waals surface area contributed by atoms with Crippen LogP contribution in [0.25, 0.3) is 0 Å². The van der Waals surface area contributed by atoms with E-state index in [2.05, 4.69) is 46.4 Å². The summed E-state index contributed by atoms with van der Waals surface area (Å²) < 4.78 is 1.24. The van der Waals surface area contributed by atoms with Crippen molar-refractivity contribution >= 4 is 15.9 Å². The fraction of sp³-hybridized carbons (Fsp3) is 0.455. The van der Waals surface area contributed by atoms with Crippen LogP contribution < -0.4 is 5.32 Å². The highest BCUT2D eigenvalue weighted by molar-refractivity contribution is 9.10. The maximum absolute atomic E-state index is 3.60.